The standard InChI is InChI=1S/C24H39N7O.HI/c1-2-23-29-27-19-31(23)16-13-25-24(28-20-10-5-3-6-11-20)26-18-21(22-12-9-17-32-22)30-14-7-4-8-15-30;/h9,12,17,19-21H,2-8,10-11,13-16,18H2,1H3,(H2,25,26,28);1H. The minimum Gasteiger partial charge on any atom is -0.468 e. The fourth-order valence-electron chi connectivity index (χ4n) is 4.90. The summed E-state index contributed by atoms with van der Waals surface area (Å²) in [5, 5.41) is 15.5. The van der Waals surface area contributed by atoms with Gasteiger partial charge in [-0.2, -0.15) is 0 Å². The van der Waals surface area contributed by atoms with Gasteiger partial charge in [-0.15, -0.1) is 34.2 Å². The van der Waals surface area contributed by atoms with E-state index in [1.165, 1.54) is 51.4 Å². The first-order valence-electron chi connectivity index (χ1n) is 12.5. The van der Waals surface area contributed by atoms with Crippen molar-refractivity contribution in [2.24, 2.45) is 4.99 Å². The van der Waals surface area contributed by atoms with Crippen molar-refractivity contribution >= 4 is 29.9 Å². The van der Waals surface area contributed by atoms with Crippen molar-refractivity contribution in [2.45, 2.75) is 83.3 Å². The maximum atomic E-state index is 5.82. The monoisotopic (exact) mass is 569 g/mol. The molecule has 0 aromatic carbocycles. The molecule has 0 spiro atoms. The number of aliphatic imine (C=N–C) groups is 1. The van der Waals surface area contributed by atoms with Gasteiger partial charge in [0.1, 0.15) is 17.9 Å². The number of nitrogens with one attached hydrogen (secondary N) is 2. The van der Waals surface area contributed by atoms with Gasteiger partial charge in [0.2, 0.25) is 0 Å². The topological polar surface area (TPSA) is 83.5 Å². The second-order valence-electron chi connectivity index (χ2n) is 9.02. The summed E-state index contributed by atoms with van der Waals surface area (Å²) in [6, 6.07) is 4.78. The van der Waals surface area contributed by atoms with Gasteiger partial charge in [-0.05, 0) is 50.9 Å². The molecule has 2 aliphatic rings. The van der Waals surface area contributed by atoms with Gasteiger partial charge >= 0.3 is 0 Å². The van der Waals surface area contributed by atoms with E-state index in [2.05, 4.69) is 43.3 Å². The van der Waals surface area contributed by atoms with Crippen molar-refractivity contribution in [1.82, 2.24) is 30.3 Å². The second-order valence-corrected chi connectivity index (χ2v) is 9.02. The van der Waals surface area contributed by atoms with Crippen molar-refractivity contribution < 1.29 is 4.42 Å². The predicted molar refractivity (Wildman–Crippen MR) is 142 cm³/mol. The van der Waals surface area contributed by atoms with Crippen LogP contribution in [0.5, 0.6) is 0 Å². The van der Waals surface area contributed by atoms with E-state index in [-0.39, 0.29) is 30.0 Å². The summed E-state index contributed by atoms with van der Waals surface area (Å²) >= 11 is 0. The van der Waals surface area contributed by atoms with Crippen LogP contribution in [0.25, 0.3) is 0 Å². The molecule has 2 aromatic rings. The van der Waals surface area contributed by atoms with E-state index in [9.17, 15) is 0 Å². The van der Waals surface area contributed by atoms with E-state index in [1.807, 2.05) is 12.4 Å². The largest absolute Gasteiger partial charge is 0.468 e. The molecule has 8 nitrogen and oxygen atoms in total. The van der Waals surface area contributed by atoms with Gasteiger partial charge in [0, 0.05) is 25.6 Å². The fourth-order valence-corrected chi connectivity index (χ4v) is 4.90. The number of likely N-dealkylation sites (tertiary alicyclic amines) is 1. The zero-order valence-corrected chi connectivity index (χ0v) is 22.2. The first-order valence-corrected chi connectivity index (χ1v) is 12.5. The highest BCUT2D eigenvalue weighted by molar-refractivity contribution is 14.0. The van der Waals surface area contributed by atoms with Gasteiger partial charge in [0.15, 0.2) is 5.96 Å². The first kappa shape index (κ1) is 26.0. The van der Waals surface area contributed by atoms with Crippen LogP contribution < -0.4 is 10.6 Å². The van der Waals surface area contributed by atoms with Gasteiger partial charge in [0.25, 0.3) is 0 Å². The van der Waals surface area contributed by atoms with E-state index in [0.29, 0.717) is 12.6 Å². The Balaban J connectivity index is 0.00000306. The molecule has 0 amide bonds. The number of hydrogen-bond acceptors (Lipinski definition) is 5. The average Bonchev–Trinajstić information content (AvgIpc) is 3.53. The zero-order chi connectivity index (χ0) is 22.0. The average molecular weight is 570 g/mol. The van der Waals surface area contributed by atoms with E-state index in [4.69, 9.17) is 9.41 Å². The summed E-state index contributed by atoms with van der Waals surface area (Å²) in [5.74, 6) is 2.95. The Hall–Kier alpha value is -1.62. The molecule has 0 radical (unpaired) electrons. The van der Waals surface area contributed by atoms with Gasteiger partial charge in [-0.1, -0.05) is 32.6 Å². The van der Waals surface area contributed by atoms with Crippen molar-refractivity contribution in [1.29, 1.82) is 0 Å². The lowest BCUT2D eigenvalue weighted by Crippen LogP contribution is -2.45. The molecule has 1 aliphatic heterocycles. The summed E-state index contributed by atoms with van der Waals surface area (Å²) in [7, 11) is 0. The molecule has 1 saturated heterocycles. The summed E-state index contributed by atoms with van der Waals surface area (Å²) in [6.45, 7) is 6.66. The molecule has 0 bridgehead atoms. The van der Waals surface area contributed by atoms with E-state index >= 15 is 0 Å². The van der Waals surface area contributed by atoms with Crippen LogP contribution in [0.4, 0.5) is 0 Å². The van der Waals surface area contributed by atoms with Gasteiger partial charge in [0.05, 0.1) is 18.8 Å². The molecule has 4 rings (SSSR count). The highest BCUT2D eigenvalue weighted by atomic mass is 127. The Morgan fingerprint density at radius 1 is 1.18 bits per heavy atom. The summed E-state index contributed by atoms with van der Waals surface area (Å²) in [6.07, 6.45) is 14.7. The number of piperidine rings is 1. The highest BCUT2D eigenvalue weighted by Crippen LogP contribution is 2.25. The molecule has 3 heterocycles. The Morgan fingerprint density at radius 3 is 2.70 bits per heavy atom. The minimum absolute atomic E-state index is 0. The first-order chi connectivity index (χ1) is 15.8. The molecule has 1 atom stereocenters. The molecular weight excluding hydrogens is 529 g/mol. The smallest absolute Gasteiger partial charge is 0.191 e. The molecule has 2 aromatic heterocycles. The summed E-state index contributed by atoms with van der Waals surface area (Å²) < 4.78 is 7.93. The molecule has 184 valence electrons. The number of furan rings is 1. The van der Waals surface area contributed by atoms with Crippen LogP contribution >= 0.6 is 24.0 Å². The second kappa shape index (κ2) is 13.9. The third-order valence-corrected chi connectivity index (χ3v) is 6.73. The normalized spacial score (nSPS) is 19.1. The van der Waals surface area contributed by atoms with Crippen LogP contribution in [0.2, 0.25) is 0 Å². The van der Waals surface area contributed by atoms with Crippen LogP contribution in [-0.2, 0) is 13.0 Å². The molecule has 1 aliphatic carbocycles. The van der Waals surface area contributed by atoms with E-state index < -0.39 is 0 Å². The fraction of sp³-hybridized carbons (Fsp3) is 0.708. The molecule has 2 fully saturated rings. The number of halogens is 1. The van der Waals surface area contributed by atoms with Gasteiger partial charge in [-0.3, -0.25) is 9.89 Å². The lowest BCUT2D eigenvalue weighted by molar-refractivity contribution is 0.150. The molecular formula is C24H40IN7O. The molecule has 2 N–H and O–H groups in total. The number of hydrogen-bond donors (Lipinski definition) is 2. The minimum atomic E-state index is 0. The third-order valence-electron chi connectivity index (χ3n) is 6.73. The number of guanidine groups is 1. The van der Waals surface area contributed by atoms with E-state index in [1.54, 1.807) is 6.26 Å². The van der Waals surface area contributed by atoms with Crippen molar-refractivity contribution in [3.8, 4) is 0 Å². The number of nitrogens with zero attached hydrogens (tertiary/aromatic N) is 5. The Bertz CT molecular complexity index is 811. The third kappa shape index (κ3) is 7.70. The van der Waals surface area contributed by atoms with Crippen molar-refractivity contribution in [2.75, 3.05) is 26.2 Å². The Labute approximate surface area is 215 Å². The molecule has 1 saturated carbocycles. The molecule has 9 heteroatoms. The van der Waals surface area contributed by atoms with Crippen LogP contribution in [0.15, 0.2) is 34.1 Å². The SMILES string of the molecule is CCc1nncn1CCNC(=NCC(c1ccco1)N1CCCCC1)NC1CCCCC1.I. The highest BCUT2D eigenvalue weighted by Gasteiger charge is 2.24. The number of aromatic nitrogens is 3. The van der Waals surface area contributed by atoms with Crippen LogP contribution in [0.1, 0.15) is 75.9 Å². The zero-order valence-electron chi connectivity index (χ0n) is 19.9. The molecule has 1 unspecified atom stereocenters. The van der Waals surface area contributed by atoms with Gasteiger partial charge < -0.3 is 19.6 Å². The maximum absolute atomic E-state index is 5.82. The Kier molecular flexibility index (Phi) is 11.0. The predicted octanol–water partition coefficient (Wildman–Crippen LogP) is 4.15. The lowest BCUT2D eigenvalue weighted by atomic mass is 9.96. The van der Waals surface area contributed by atoms with Crippen molar-refractivity contribution in [3.63, 3.8) is 0 Å². The lowest BCUT2D eigenvalue weighted by Gasteiger charge is -2.33. The van der Waals surface area contributed by atoms with Crippen LogP contribution in [-0.4, -0.2) is 57.8 Å². The van der Waals surface area contributed by atoms with E-state index in [0.717, 1.165) is 50.1 Å². The Morgan fingerprint density at radius 2 is 1.97 bits per heavy atom. The maximum Gasteiger partial charge on any atom is 0.191 e. The number of aryl methyl sites for hydroxylation is 1. The number of rotatable bonds is 9. The summed E-state index contributed by atoms with van der Waals surface area (Å²) in [5.41, 5.74) is 0. The van der Waals surface area contributed by atoms with Crippen molar-refractivity contribution in [3.05, 3.63) is 36.3 Å². The van der Waals surface area contributed by atoms with Crippen LogP contribution in [0.3, 0.4) is 0 Å². The summed E-state index contributed by atoms with van der Waals surface area (Å²) in [4.78, 5) is 7.60. The molecule has 33 heavy (non-hydrogen) atoms. The van der Waals surface area contributed by atoms with Gasteiger partial charge in [-0.25, -0.2) is 0 Å². The van der Waals surface area contributed by atoms with Crippen LogP contribution in [0, 0.1) is 0 Å². The quantitative estimate of drug-likeness (QED) is 0.268.